The quantitative estimate of drug-likeness (QED) is 0.860. The molecule has 1 aliphatic carbocycles. The summed E-state index contributed by atoms with van der Waals surface area (Å²) in [5.74, 6) is 0. The average molecular weight is 218 g/mol. The summed E-state index contributed by atoms with van der Waals surface area (Å²) >= 11 is 1.70. The van der Waals surface area contributed by atoms with E-state index in [9.17, 15) is 0 Å². The highest BCUT2D eigenvalue weighted by Gasteiger charge is 2.37. The molecule has 1 saturated carbocycles. The number of rotatable bonds is 3. The third-order valence-corrected chi connectivity index (χ3v) is 4.01. The van der Waals surface area contributed by atoms with Gasteiger partial charge >= 0.3 is 0 Å². The van der Waals surface area contributed by atoms with Gasteiger partial charge in [-0.25, -0.2) is 4.98 Å². The van der Waals surface area contributed by atoms with Gasteiger partial charge in [0.2, 0.25) is 0 Å². The molecule has 0 unspecified atom stereocenters. The van der Waals surface area contributed by atoms with Gasteiger partial charge in [0.1, 0.15) is 0 Å². The Hall–Kier alpha value is -0.930. The molecule has 78 valence electrons. The minimum atomic E-state index is 0.164. The van der Waals surface area contributed by atoms with Gasteiger partial charge in [-0.1, -0.05) is 6.07 Å². The van der Waals surface area contributed by atoms with Crippen molar-refractivity contribution in [3.63, 3.8) is 0 Å². The highest BCUT2D eigenvalue weighted by molar-refractivity contribution is 7.16. The van der Waals surface area contributed by atoms with E-state index in [-0.39, 0.29) is 5.54 Å². The predicted octanol–water partition coefficient (Wildman–Crippen LogP) is 2.72. The van der Waals surface area contributed by atoms with E-state index in [1.165, 1.54) is 23.1 Å². The standard InChI is InChI=1S/C12H14N2S/c13-12(5-6-12)4-3-9-1-2-11-10(7-9)14-8-15-11/h1-2,7-8H,3-6,13H2. The maximum absolute atomic E-state index is 6.07. The molecule has 0 aliphatic heterocycles. The summed E-state index contributed by atoms with van der Waals surface area (Å²) in [6.45, 7) is 0. The zero-order valence-corrected chi connectivity index (χ0v) is 9.39. The van der Waals surface area contributed by atoms with E-state index in [2.05, 4.69) is 23.2 Å². The van der Waals surface area contributed by atoms with E-state index < -0.39 is 0 Å². The maximum atomic E-state index is 6.07. The molecular weight excluding hydrogens is 204 g/mol. The Labute approximate surface area is 93.1 Å². The van der Waals surface area contributed by atoms with Crippen LogP contribution in [0.1, 0.15) is 24.8 Å². The molecule has 1 fully saturated rings. The van der Waals surface area contributed by atoms with Gasteiger partial charge in [0.25, 0.3) is 0 Å². The van der Waals surface area contributed by atoms with Gasteiger partial charge in [0, 0.05) is 5.54 Å². The SMILES string of the molecule is NC1(CCc2ccc3scnc3c2)CC1. The first-order valence-corrected chi connectivity index (χ1v) is 6.24. The van der Waals surface area contributed by atoms with Crippen LogP contribution in [0.15, 0.2) is 23.7 Å². The largest absolute Gasteiger partial charge is 0.325 e. The minimum absolute atomic E-state index is 0.164. The fraction of sp³-hybridized carbons (Fsp3) is 0.417. The highest BCUT2D eigenvalue weighted by atomic mass is 32.1. The number of benzene rings is 1. The van der Waals surface area contributed by atoms with Crippen LogP contribution in [0.25, 0.3) is 10.2 Å². The molecule has 0 atom stereocenters. The van der Waals surface area contributed by atoms with Crippen molar-refractivity contribution >= 4 is 21.6 Å². The van der Waals surface area contributed by atoms with Crippen molar-refractivity contribution in [1.29, 1.82) is 0 Å². The van der Waals surface area contributed by atoms with Crippen LogP contribution < -0.4 is 5.73 Å². The first kappa shape index (κ1) is 9.31. The lowest BCUT2D eigenvalue weighted by molar-refractivity contribution is 0.609. The number of hydrogen-bond acceptors (Lipinski definition) is 3. The molecule has 0 spiro atoms. The molecule has 0 amide bonds. The number of nitrogens with two attached hydrogens (primary N) is 1. The van der Waals surface area contributed by atoms with E-state index in [1.807, 2.05) is 5.51 Å². The van der Waals surface area contributed by atoms with Crippen LogP contribution in [-0.2, 0) is 6.42 Å². The molecule has 0 bridgehead atoms. The lowest BCUT2D eigenvalue weighted by atomic mass is 10.0. The summed E-state index contributed by atoms with van der Waals surface area (Å²) in [6.07, 6.45) is 4.60. The fourth-order valence-electron chi connectivity index (χ4n) is 1.86. The predicted molar refractivity (Wildman–Crippen MR) is 64.1 cm³/mol. The third-order valence-electron chi connectivity index (χ3n) is 3.20. The molecule has 2 nitrogen and oxygen atoms in total. The molecule has 2 aromatic rings. The lowest BCUT2D eigenvalue weighted by Crippen LogP contribution is -2.22. The fourth-order valence-corrected chi connectivity index (χ4v) is 2.52. The number of fused-ring (bicyclic) bond motifs is 1. The third kappa shape index (κ3) is 1.90. The number of thiazole rings is 1. The van der Waals surface area contributed by atoms with E-state index in [0.717, 1.165) is 18.4 Å². The first-order valence-electron chi connectivity index (χ1n) is 5.36. The Morgan fingerprint density at radius 3 is 3.07 bits per heavy atom. The van der Waals surface area contributed by atoms with Crippen molar-refractivity contribution in [1.82, 2.24) is 4.98 Å². The van der Waals surface area contributed by atoms with E-state index in [0.29, 0.717) is 0 Å². The molecule has 2 N–H and O–H groups in total. The van der Waals surface area contributed by atoms with Crippen LogP contribution in [-0.4, -0.2) is 10.5 Å². The monoisotopic (exact) mass is 218 g/mol. The van der Waals surface area contributed by atoms with Gasteiger partial charge in [-0.3, -0.25) is 0 Å². The van der Waals surface area contributed by atoms with Crippen LogP contribution in [0.3, 0.4) is 0 Å². The number of hydrogen-bond donors (Lipinski definition) is 1. The molecule has 1 aromatic heterocycles. The minimum Gasteiger partial charge on any atom is -0.325 e. The number of aryl methyl sites for hydroxylation is 1. The molecule has 1 aromatic carbocycles. The summed E-state index contributed by atoms with van der Waals surface area (Å²) in [7, 11) is 0. The maximum Gasteiger partial charge on any atom is 0.0814 e. The first-order chi connectivity index (χ1) is 7.25. The number of nitrogens with zero attached hydrogens (tertiary/aromatic N) is 1. The number of aromatic nitrogens is 1. The summed E-state index contributed by atoms with van der Waals surface area (Å²) in [5, 5.41) is 0. The average Bonchev–Trinajstić information content (AvgIpc) is 2.80. The van der Waals surface area contributed by atoms with E-state index in [1.54, 1.807) is 11.3 Å². The second-order valence-electron chi connectivity index (χ2n) is 4.52. The van der Waals surface area contributed by atoms with Gasteiger partial charge < -0.3 is 5.73 Å². The van der Waals surface area contributed by atoms with Crippen molar-refractivity contribution in [3.8, 4) is 0 Å². The molecule has 3 heteroatoms. The van der Waals surface area contributed by atoms with Crippen molar-refractivity contribution in [2.45, 2.75) is 31.2 Å². The van der Waals surface area contributed by atoms with Gasteiger partial charge in [0.05, 0.1) is 15.7 Å². The van der Waals surface area contributed by atoms with Crippen molar-refractivity contribution < 1.29 is 0 Å². The molecule has 1 aliphatic rings. The second-order valence-corrected chi connectivity index (χ2v) is 5.40. The van der Waals surface area contributed by atoms with E-state index >= 15 is 0 Å². The zero-order chi connectivity index (χ0) is 10.3. The van der Waals surface area contributed by atoms with Gasteiger partial charge in [-0.2, -0.15) is 0 Å². The van der Waals surface area contributed by atoms with Gasteiger partial charge in [-0.15, -0.1) is 11.3 Å². The topological polar surface area (TPSA) is 38.9 Å². The van der Waals surface area contributed by atoms with Crippen LogP contribution >= 0.6 is 11.3 Å². The van der Waals surface area contributed by atoms with Crippen molar-refractivity contribution in [3.05, 3.63) is 29.3 Å². The molecule has 1 heterocycles. The molecule has 0 saturated heterocycles. The molecule has 3 rings (SSSR count). The molecular formula is C12H14N2S. The Balaban J connectivity index is 1.78. The van der Waals surface area contributed by atoms with Crippen molar-refractivity contribution in [2.24, 2.45) is 5.73 Å². The van der Waals surface area contributed by atoms with Gasteiger partial charge in [0.15, 0.2) is 0 Å². The van der Waals surface area contributed by atoms with E-state index in [4.69, 9.17) is 5.73 Å². The van der Waals surface area contributed by atoms with Crippen LogP contribution in [0, 0.1) is 0 Å². The van der Waals surface area contributed by atoms with Crippen LogP contribution in [0.5, 0.6) is 0 Å². The van der Waals surface area contributed by atoms with Crippen LogP contribution in [0.4, 0.5) is 0 Å². The summed E-state index contributed by atoms with van der Waals surface area (Å²) in [4.78, 5) is 4.33. The second kappa shape index (κ2) is 3.29. The smallest absolute Gasteiger partial charge is 0.0814 e. The highest BCUT2D eigenvalue weighted by Crippen LogP contribution is 2.36. The van der Waals surface area contributed by atoms with Gasteiger partial charge in [-0.05, 0) is 43.4 Å². The van der Waals surface area contributed by atoms with Crippen molar-refractivity contribution in [2.75, 3.05) is 0 Å². The lowest BCUT2D eigenvalue weighted by Gasteiger charge is -2.07. The molecule has 15 heavy (non-hydrogen) atoms. The zero-order valence-electron chi connectivity index (χ0n) is 8.57. The Morgan fingerprint density at radius 2 is 2.27 bits per heavy atom. The summed E-state index contributed by atoms with van der Waals surface area (Å²) < 4.78 is 1.27. The van der Waals surface area contributed by atoms with Crippen LogP contribution in [0.2, 0.25) is 0 Å². The Bertz CT molecular complexity index is 485. The summed E-state index contributed by atoms with van der Waals surface area (Å²) in [6, 6.07) is 6.56. The normalized spacial score (nSPS) is 18.2. The summed E-state index contributed by atoms with van der Waals surface area (Å²) in [5.41, 5.74) is 10.6. The Morgan fingerprint density at radius 1 is 1.40 bits per heavy atom. The molecule has 0 radical (unpaired) electrons. The Kier molecular flexibility index (Phi) is 2.04.